The van der Waals surface area contributed by atoms with Gasteiger partial charge in [-0.1, -0.05) is 86.4 Å². The van der Waals surface area contributed by atoms with Crippen LogP contribution in [0.2, 0.25) is 5.04 Å². The normalized spacial score (nSPS) is 19.5. The van der Waals surface area contributed by atoms with E-state index < -0.39 is 13.2 Å². The molecule has 1 heterocycles. The molecule has 0 amide bonds. The molecule has 31 heavy (non-hydrogen) atoms. The zero-order valence-electron chi connectivity index (χ0n) is 18.1. The van der Waals surface area contributed by atoms with Crippen LogP contribution in [0.5, 0.6) is 0 Å². The zero-order chi connectivity index (χ0) is 22.1. The predicted octanol–water partition coefficient (Wildman–Crippen LogP) is 3.86. The molecule has 1 aliphatic rings. The van der Waals surface area contributed by atoms with Gasteiger partial charge in [-0.2, -0.15) is 4.68 Å². The van der Waals surface area contributed by atoms with Gasteiger partial charge < -0.3 is 14.5 Å². The summed E-state index contributed by atoms with van der Waals surface area (Å²) in [6, 6.07) is 21.2. The molecule has 0 aliphatic heterocycles. The van der Waals surface area contributed by atoms with E-state index in [4.69, 9.17) is 4.43 Å². The van der Waals surface area contributed by atoms with E-state index in [1.807, 2.05) is 12.1 Å². The molecule has 2 aromatic carbocycles. The number of benzene rings is 2. The lowest BCUT2D eigenvalue weighted by Gasteiger charge is -2.44. The fourth-order valence-corrected chi connectivity index (χ4v) is 9.46. The van der Waals surface area contributed by atoms with E-state index in [9.17, 15) is 10.1 Å². The summed E-state index contributed by atoms with van der Waals surface area (Å²) in [5, 5.41) is 17.4. The molecule has 0 saturated heterocycles. The number of hydrogen-bond donors (Lipinski definition) is 0. The van der Waals surface area contributed by atoms with E-state index in [0.717, 1.165) is 19.3 Å². The molecule has 0 bridgehead atoms. The van der Waals surface area contributed by atoms with Crippen molar-refractivity contribution in [2.45, 2.75) is 57.2 Å². The Balaban J connectivity index is 1.68. The second kappa shape index (κ2) is 8.36. The van der Waals surface area contributed by atoms with Crippen molar-refractivity contribution in [3.63, 3.8) is 0 Å². The Bertz CT molecular complexity index is 994. The first kappa shape index (κ1) is 21.4. The molecule has 1 fully saturated rings. The van der Waals surface area contributed by atoms with Gasteiger partial charge in [0.25, 0.3) is 8.32 Å². The standard InChI is InChI=1S/C23H28N4O3Si/c1-23(2,3)31(20-10-6-4-7-11-20,21-12-8-5-9-13-21)30-19-15-14-18(16-19)26-17-24-22(25-26)27(28)29/h4-13,17-19H,14-16H2,1-3H3. The summed E-state index contributed by atoms with van der Waals surface area (Å²) in [6.07, 6.45) is 4.05. The summed E-state index contributed by atoms with van der Waals surface area (Å²) < 4.78 is 8.82. The van der Waals surface area contributed by atoms with Gasteiger partial charge in [-0.3, -0.25) is 0 Å². The molecule has 2 atom stereocenters. The first-order chi connectivity index (χ1) is 14.8. The van der Waals surface area contributed by atoms with Crippen LogP contribution in [-0.2, 0) is 4.43 Å². The third-order valence-corrected chi connectivity index (χ3v) is 11.2. The van der Waals surface area contributed by atoms with Crippen LogP contribution >= 0.6 is 0 Å². The number of rotatable bonds is 6. The SMILES string of the molecule is CC(C)(C)[Si](OC1CCC(n2cnc([N+](=O)[O-])n2)C1)(c1ccccc1)c1ccccc1. The number of nitro groups is 1. The van der Waals surface area contributed by atoms with Crippen LogP contribution in [0.3, 0.4) is 0 Å². The summed E-state index contributed by atoms with van der Waals surface area (Å²) in [5.41, 5.74) is 0. The number of nitrogens with zero attached hydrogens (tertiary/aromatic N) is 4. The van der Waals surface area contributed by atoms with Crippen molar-refractivity contribution in [2.75, 3.05) is 0 Å². The van der Waals surface area contributed by atoms with Crippen LogP contribution in [0.1, 0.15) is 46.1 Å². The van der Waals surface area contributed by atoms with Gasteiger partial charge in [0.05, 0.1) is 6.04 Å². The third kappa shape index (κ3) is 4.05. The van der Waals surface area contributed by atoms with E-state index in [1.54, 1.807) is 4.68 Å². The van der Waals surface area contributed by atoms with Crippen molar-refractivity contribution >= 4 is 24.6 Å². The molecule has 1 saturated carbocycles. The minimum absolute atomic E-state index is 0.0551. The summed E-state index contributed by atoms with van der Waals surface area (Å²) in [7, 11) is -2.61. The lowest BCUT2D eigenvalue weighted by molar-refractivity contribution is -0.394. The minimum atomic E-state index is -2.61. The van der Waals surface area contributed by atoms with Gasteiger partial charge in [0.15, 0.2) is 0 Å². The summed E-state index contributed by atoms with van der Waals surface area (Å²) in [5.74, 6) is -0.351. The Morgan fingerprint density at radius 1 is 1.03 bits per heavy atom. The highest BCUT2D eigenvalue weighted by Crippen LogP contribution is 2.41. The predicted molar refractivity (Wildman–Crippen MR) is 122 cm³/mol. The van der Waals surface area contributed by atoms with E-state index >= 15 is 0 Å². The largest absolute Gasteiger partial charge is 0.490 e. The quantitative estimate of drug-likeness (QED) is 0.333. The Morgan fingerprint density at radius 3 is 2.10 bits per heavy atom. The molecule has 4 rings (SSSR count). The highest BCUT2D eigenvalue weighted by molar-refractivity contribution is 6.99. The van der Waals surface area contributed by atoms with Gasteiger partial charge >= 0.3 is 5.95 Å². The molecule has 8 heteroatoms. The lowest BCUT2D eigenvalue weighted by atomic mass is 10.2. The van der Waals surface area contributed by atoms with Crippen molar-refractivity contribution in [1.82, 2.24) is 14.8 Å². The first-order valence-corrected chi connectivity index (χ1v) is 12.6. The highest BCUT2D eigenvalue weighted by atomic mass is 28.4. The van der Waals surface area contributed by atoms with Gasteiger partial charge in [0.1, 0.15) is 0 Å². The fraction of sp³-hybridized carbons (Fsp3) is 0.391. The molecule has 1 aliphatic carbocycles. The van der Waals surface area contributed by atoms with Crippen LogP contribution in [0.25, 0.3) is 0 Å². The smallest absolute Gasteiger partial charge is 0.404 e. The molecule has 0 spiro atoms. The average molecular weight is 437 g/mol. The summed E-state index contributed by atoms with van der Waals surface area (Å²) in [4.78, 5) is 14.2. The Kier molecular flexibility index (Phi) is 5.77. The maximum absolute atomic E-state index is 11.0. The van der Waals surface area contributed by atoms with Gasteiger partial charge in [-0.25, -0.2) is 0 Å². The summed E-state index contributed by atoms with van der Waals surface area (Å²) in [6.45, 7) is 6.81. The molecule has 3 aromatic rings. The molecule has 0 radical (unpaired) electrons. The Labute approximate surface area is 183 Å². The van der Waals surface area contributed by atoms with E-state index in [1.165, 1.54) is 16.7 Å². The monoisotopic (exact) mass is 436 g/mol. The maximum atomic E-state index is 11.0. The van der Waals surface area contributed by atoms with E-state index in [-0.39, 0.29) is 23.1 Å². The van der Waals surface area contributed by atoms with E-state index in [2.05, 4.69) is 79.4 Å². The Hall–Kier alpha value is -2.84. The van der Waals surface area contributed by atoms with Crippen molar-refractivity contribution in [2.24, 2.45) is 0 Å². The van der Waals surface area contributed by atoms with Crippen molar-refractivity contribution in [3.8, 4) is 0 Å². The van der Waals surface area contributed by atoms with Gasteiger partial charge in [0.2, 0.25) is 6.33 Å². The van der Waals surface area contributed by atoms with Crippen molar-refractivity contribution in [1.29, 1.82) is 0 Å². The van der Waals surface area contributed by atoms with Gasteiger partial charge in [0, 0.05) is 11.2 Å². The van der Waals surface area contributed by atoms with Crippen molar-refractivity contribution < 1.29 is 9.35 Å². The maximum Gasteiger partial charge on any atom is 0.490 e. The lowest BCUT2D eigenvalue weighted by Crippen LogP contribution is -2.67. The fourth-order valence-electron chi connectivity index (χ4n) is 4.73. The second-order valence-corrected chi connectivity index (χ2v) is 13.4. The average Bonchev–Trinajstić information content (AvgIpc) is 3.42. The Morgan fingerprint density at radius 2 is 1.61 bits per heavy atom. The van der Waals surface area contributed by atoms with Crippen LogP contribution in [0.15, 0.2) is 67.0 Å². The third-order valence-electron chi connectivity index (χ3n) is 6.15. The molecule has 0 N–H and O–H groups in total. The zero-order valence-corrected chi connectivity index (χ0v) is 19.1. The van der Waals surface area contributed by atoms with E-state index in [0.29, 0.717) is 0 Å². The molecular formula is C23H28N4O3Si. The van der Waals surface area contributed by atoms with Crippen LogP contribution in [0, 0.1) is 10.1 Å². The number of aromatic nitrogens is 3. The van der Waals surface area contributed by atoms with Gasteiger partial charge in [-0.15, -0.1) is 0 Å². The molecule has 2 unspecified atom stereocenters. The van der Waals surface area contributed by atoms with Crippen LogP contribution < -0.4 is 10.4 Å². The molecule has 7 nitrogen and oxygen atoms in total. The van der Waals surface area contributed by atoms with Crippen LogP contribution in [-0.4, -0.2) is 34.1 Å². The minimum Gasteiger partial charge on any atom is -0.404 e. The number of hydrogen-bond acceptors (Lipinski definition) is 5. The highest BCUT2D eigenvalue weighted by Gasteiger charge is 2.52. The van der Waals surface area contributed by atoms with Crippen LogP contribution in [0.4, 0.5) is 5.95 Å². The van der Waals surface area contributed by atoms with Crippen molar-refractivity contribution in [3.05, 3.63) is 77.1 Å². The topological polar surface area (TPSA) is 83.1 Å². The second-order valence-electron chi connectivity index (χ2n) is 9.15. The molecule has 1 aromatic heterocycles. The first-order valence-electron chi connectivity index (χ1n) is 10.7. The summed E-state index contributed by atoms with van der Waals surface area (Å²) >= 11 is 0. The molecule has 162 valence electrons. The van der Waals surface area contributed by atoms with Gasteiger partial charge in [-0.05, 0) is 39.6 Å². The molecular weight excluding hydrogens is 408 g/mol.